The summed E-state index contributed by atoms with van der Waals surface area (Å²) in [5.41, 5.74) is 1.54. The van der Waals surface area contributed by atoms with Crippen LogP contribution in [0.25, 0.3) is 0 Å². The van der Waals surface area contributed by atoms with Crippen molar-refractivity contribution in [3.63, 3.8) is 0 Å². The number of fused-ring (bicyclic) bond motifs is 1. The van der Waals surface area contributed by atoms with Gasteiger partial charge in [0.1, 0.15) is 5.82 Å². The van der Waals surface area contributed by atoms with Crippen LogP contribution < -0.4 is 10.1 Å². The standard InChI is InChI=1S/C12H9N3O2S/c16-11(17-12-14-4-5-18-12)9-6-8-2-1-3-13-10(8)15-7-9/h1-5,7H,6H2,(H,13,15). The van der Waals surface area contributed by atoms with Crippen LogP contribution in [0, 0.1) is 0 Å². The summed E-state index contributed by atoms with van der Waals surface area (Å²) in [6.45, 7) is 0. The summed E-state index contributed by atoms with van der Waals surface area (Å²) >= 11 is 1.29. The first-order valence-corrected chi connectivity index (χ1v) is 6.22. The highest BCUT2D eigenvalue weighted by Crippen LogP contribution is 2.23. The summed E-state index contributed by atoms with van der Waals surface area (Å²) in [4.78, 5) is 20.0. The second-order valence-electron chi connectivity index (χ2n) is 3.69. The number of aromatic nitrogens is 2. The van der Waals surface area contributed by atoms with Gasteiger partial charge in [0, 0.05) is 30.4 Å². The normalized spacial score (nSPS) is 13.2. The van der Waals surface area contributed by atoms with Crippen molar-refractivity contribution in [3.8, 4) is 5.19 Å². The Balaban J connectivity index is 1.75. The molecule has 1 N–H and O–H groups in total. The maximum Gasteiger partial charge on any atom is 0.343 e. The molecule has 0 radical (unpaired) electrons. The van der Waals surface area contributed by atoms with Gasteiger partial charge in [-0.2, -0.15) is 0 Å². The monoisotopic (exact) mass is 259 g/mol. The van der Waals surface area contributed by atoms with E-state index in [0.29, 0.717) is 17.2 Å². The topological polar surface area (TPSA) is 64.1 Å². The molecule has 3 rings (SSSR count). The number of pyridine rings is 1. The molecule has 0 aliphatic carbocycles. The van der Waals surface area contributed by atoms with E-state index in [9.17, 15) is 4.79 Å². The number of nitrogens with zero attached hydrogens (tertiary/aromatic N) is 2. The van der Waals surface area contributed by atoms with E-state index in [1.165, 1.54) is 11.3 Å². The van der Waals surface area contributed by atoms with E-state index in [-0.39, 0.29) is 5.97 Å². The van der Waals surface area contributed by atoms with Gasteiger partial charge in [0.2, 0.25) is 0 Å². The van der Waals surface area contributed by atoms with Gasteiger partial charge < -0.3 is 10.1 Å². The second kappa shape index (κ2) is 4.58. The van der Waals surface area contributed by atoms with Gasteiger partial charge in [-0.25, -0.2) is 14.8 Å². The van der Waals surface area contributed by atoms with Gasteiger partial charge in [-0.15, -0.1) is 0 Å². The van der Waals surface area contributed by atoms with Crippen molar-refractivity contribution in [1.29, 1.82) is 0 Å². The van der Waals surface area contributed by atoms with E-state index in [4.69, 9.17) is 4.74 Å². The van der Waals surface area contributed by atoms with Gasteiger partial charge in [-0.05, 0) is 11.6 Å². The highest BCUT2D eigenvalue weighted by Gasteiger charge is 2.19. The molecule has 18 heavy (non-hydrogen) atoms. The van der Waals surface area contributed by atoms with E-state index in [2.05, 4.69) is 15.3 Å². The summed E-state index contributed by atoms with van der Waals surface area (Å²) in [7, 11) is 0. The van der Waals surface area contributed by atoms with E-state index in [0.717, 1.165) is 11.4 Å². The Morgan fingerprint density at radius 2 is 2.33 bits per heavy atom. The van der Waals surface area contributed by atoms with Crippen LogP contribution in [0.15, 0.2) is 41.7 Å². The number of nitrogens with one attached hydrogen (secondary N) is 1. The van der Waals surface area contributed by atoms with Crippen molar-refractivity contribution >= 4 is 23.1 Å². The SMILES string of the molecule is O=C(Oc1nccs1)C1=CNc2ncccc2C1. The minimum absolute atomic E-state index is 0.359. The molecule has 5 nitrogen and oxygen atoms in total. The fourth-order valence-electron chi connectivity index (χ4n) is 1.66. The predicted octanol–water partition coefficient (Wildman–Crippen LogP) is 2.00. The van der Waals surface area contributed by atoms with Gasteiger partial charge >= 0.3 is 5.97 Å². The maximum absolute atomic E-state index is 11.9. The van der Waals surface area contributed by atoms with Crippen LogP contribution in [-0.2, 0) is 11.2 Å². The molecule has 2 aromatic heterocycles. The third-order valence-electron chi connectivity index (χ3n) is 2.51. The van der Waals surface area contributed by atoms with Crippen molar-refractivity contribution in [3.05, 3.63) is 47.2 Å². The molecule has 0 aromatic carbocycles. The highest BCUT2D eigenvalue weighted by molar-refractivity contribution is 7.11. The zero-order valence-electron chi connectivity index (χ0n) is 9.29. The number of anilines is 1. The number of esters is 1. The predicted molar refractivity (Wildman–Crippen MR) is 67.4 cm³/mol. The molecule has 0 saturated heterocycles. The Morgan fingerprint density at radius 3 is 3.17 bits per heavy atom. The molecule has 1 aliphatic heterocycles. The summed E-state index contributed by atoms with van der Waals surface area (Å²) in [6.07, 6.45) is 5.45. The average Bonchev–Trinajstić information content (AvgIpc) is 2.91. The molecule has 3 heterocycles. The van der Waals surface area contributed by atoms with Crippen molar-refractivity contribution in [1.82, 2.24) is 9.97 Å². The molecule has 0 bridgehead atoms. The van der Waals surface area contributed by atoms with E-state index in [1.807, 2.05) is 12.1 Å². The fraction of sp³-hybridized carbons (Fsp3) is 0.0833. The zero-order valence-corrected chi connectivity index (χ0v) is 10.1. The first-order valence-electron chi connectivity index (χ1n) is 5.34. The number of rotatable bonds is 2. The lowest BCUT2D eigenvalue weighted by molar-refractivity contribution is -0.130. The molecule has 0 atom stereocenters. The molecule has 0 fully saturated rings. The Bertz CT molecular complexity index is 608. The minimum Gasteiger partial charge on any atom is -0.394 e. The maximum atomic E-state index is 11.9. The van der Waals surface area contributed by atoms with Crippen LogP contribution in [0.1, 0.15) is 5.56 Å². The lowest BCUT2D eigenvalue weighted by Gasteiger charge is -2.15. The summed E-state index contributed by atoms with van der Waals surface area (Å²) < 4.78 is 5.15. The van der Waals surface area contributed by atoms with Gasteiger partial charge in [-0.3, -0.25) is 0 Å². The molecule has 0 saturated carbocycles. The average molecular weight is 259 g/mol. The number of thiazole rings is 1. The Hall–Kier alpha value is -2.21. The number of hydrogen-bond acceptors (Lipinski definition) is 6. The number of carbonyl (C=O) groups is 1. The largest absolute Gasteiger partial charge is 0.394 e. The van der Waals surface area contributed by atoms with E-state index >= 15 is 0 Å². The molecular weight excluding hydrogens is 250 g/mol. The van der Waals surface area contributed by atoms with Crippen LogP contribution in [0.2, 0.25) is 0 Å². The minimum atomic E-state index is -0.382. The van der Waals surface area contributed by atoms with Crippen molar-refractivity contribution < 1.29 is 9.53 Å². The van der Waals surface area contributed by atoms with Gasteiger partial charge in [0.05, 0.1) is 5.57 Å². The van der Waals surface area contributed by atoms with Crippen LogP contribution in [0.4, 0.5) is 5.82 Å². The Kier molecular flexibility index (Phi) is 2.77. The Labute approximate surface area is 107 Å². The van der Waals surface area contributed by atoms with E-state index in [1.54, 1.807) is 24.0 Å². The fourth-order valence-corrected chi connectivity index (χ4v) is 2.14. The molecule has 0 spiro atoms. The first kappa shape index (κ1) is 10.9. The summed E-state index contributed by atoms with van der Waals surface area (Å²) in [6, 6.07) is 3.77. The second-order valence-corrected chi connectivity index (χ2v) is 4.55. The van der Waals surface area contributed by atoms with E-state index < -0.39 is 0 Å². The molecule has 90 valence electrons. The zero-order chi connectivity index (χ0) is 12.4. The molecule has 0 unspecified atom stereocenters. The van der Waals surface area contributed by atoms with Crippen LogP contribution in [-0.4, -0.2) is 15.9 Å². The molecule has 2 aromatic rings. The quantitative estimate of drug-likeness (QED) is 0.836. The van der Waals surface area contributed by atoms with Gasteiger partial charge in [0.25, 0.3) is 5.19 Å². The number of carbonyl (C=O) groups excluding carboxylic acids is 1. The number of hydrogen-bond donors (Lipinski definition) is 1. The van der Waals surface area contributed by atoms with Crippen molar-refractivity contribution in [2.75, 3.05) is 5.32 Å². The van der Waals surface area contributed by atoms with Gasteiger partial charge in [0.15, 0.2) is 0 Å². The lowest BCUT2D eigenvalue weighted by Crippen LogP contribution is -2.18. The van der Waals surface area contributed by atoms with Crippen molar-refractivity contribution in [2.24, 2.45) is 0 Å². The molecule has 6 heteroatoms. The lowest BCUT2D eigenvalue weighted by atomic mass is 10.0. The summed E-state index contributed by atoms with van der Waals surface area (Å²) in [5, 5.41) is 5.10. The first-order chi connectivity index (χ1) is 8.83. The van der Waals surface area contributed by atoms with Crippen LogP contribution >= 0.6 is 11.3 Å². The summed E-state index contributed by atoms with van der Waals surface area (Å²) in [5.74, 6) is 0.398. The van der Waals surface area contributed by atoms with Crippen LogP contribution in [0.3, 0.4) is 0 Å². The third kappa shape index (κ3) is 2.10. The third-order valence-corrected chi connectivity index (χ3v) is 3.16. The van der Waals surface area contributed by atoms with Gasteiger partial charge in [-0.1, -0.05) is 17.4 Å². The Morgan fingerprint density at radius 1 is 1.39 bits per heavy atom. The smallest absolute Gasteiger partial charge is 0.343 e. The molecular formula is C12H9N3O2S. The molecule has 0 amide bonds. The molecule has 1 aliphatic rings. The highest BCUT2D eigenvalue weighted by atomic mass is 32.1. The van der Waals surface area contributed by atoms with Crippen molar-refractivity contribution in [2.45, 2.75) is 6.42 Å². The van der Waals surface area contributed by atoms with Crippen LogP contribution in [0.5, 0.6) is 5.19 Å². The number of ether oxygens (including phenoxy) is 1.